The van der Waals surface area contributed by atoms with E-state index < -0.39 is 5.60 Å². The molecule has 3 N–H and O–H groups in total. The maximum Gasteiger partial charge on any atom is 0.319 e. The largest absolute Gasteiger partial charge is 0.384 e. The first-order valence-electron chi connectivity index (χ1n) is 6.56. The molecular formula is C16H17ClN2O2. The van der Waals surface area contributed by atoms with Gasteiger partial charge in [-0.05, 0) is 36.8 Å². The second-order valence-electron chi connectivity index (χ2n) is 4.95. The molecule has 2 amide bonds. The Morgan fingerprint density at radius 1 is 1.14 bits per heavy atom. The Balaban J connectivity index is 1.92. The molecule has 2 aromatic carbocycles. The maximum atomic E-state index is 11.8. The zero-order chi connectivity index (χ0) is 15.3. The highest BCUT2D eigenvalue weighted by Gasteiger charge is 2.23. The van der Waals surface area contributed by atoms with E-state index in [1.807, 2.05) is 18.2 Å². The van der Waals surface area contributed by atoms with Crippen LogP contribution in [0.15, 0.2) is 54.6 Å². The van der Waals surface area contributed by atoms with Crippen molar-refractivity contribution in [2.75, 3.05) is 11.9 Å². The van der Waals surface area contributed by atoms with Gasteiger partial charge < -0.3 is 15.7 Å². The first kappa shape index (κ1) is 15.4. The van der Waals surface area contributed by atoms with Crippen molar-refractivity contribution in [2.24, 2.45) is 0 Å². The van der Waals surface area contributed by atoms with E-state index >= 15 is 0 Å². The molecule has 0 aliphatic carbocycles. The van der Waals surface area contributed by atoms with E-state index in [9.17, 15) is 9.90 Å². The van der Waals surface area contributed by atoms with Crippen molar-refractivity contribution in [3.63, 3.8) is 0 Å². The number of para-hydroxylation sites is 1. The minimum atomic E-state index is -1.17. The van der Waals surface area contributed by atoms with Gasteiger partial charge in [-0.3, -0.25) is 0 Å². The van der Waals surface area contributed by atoms with Gasteiger partial charge in [0, 0.05) is 10.7 Å². The fourth-order valence-electron chi connectivity index (χ4n) is 1.86. The van der Waals surface area contributed by atoms with E-state index in [2.05, 4.69) is 10.6 Å². The zero-order valence-corrected chi connectivity index (χ0v) is 12.4. The standard InChI is InChI=1S/C16H17ClN2O2/c1-16(21,12-7-9-13(17)10-8-12)11-18-15(20)19-14-5-3-2-4-6-14/h2-10,21H,11H2,1H3,(H2,18,19,20). The summed E-state index contributed by atoms with van der Waals surface area (Å²) in [5, 5.41) is 16.4. The lowest BCUT2D eigenvalue weighted by molar-refractivity contribution is 0.0599. The number of amides is 2. The van der Waals surface area contributed by atoms with Crippen molar-refractivity contribution in [3.05, 3.63) is 65.2 Å². The normalized spacial score (nSPS) is 13.3. The minimum Gasteiger partial charge on any atom is -0.384 e. The predicted molar refractivity (Wildman–Crippen MR) is 84.5 cm³/mol. The minimum absolute atomic E-state index is 0.0906. The SMILES string of the molecule is CC(O)(CNC(=O)Nc1ccccc1)c1ccc(Cl)cc1. The number of rotatable bonds is 4. The molecular weight excluding hydrogens is 288 g/mol. The number of benzene rings is 2. The number of aliphatic hydroxyl groups is 1. The van der Waals surface area contributed by atoms with E-state index in [1.165, 1.54) is 0 Å². The Labute approximate surface area is 128 Å². The summed E-state index contributed by atoms with van der Waals surface area (Å²) in [5.41, 5.74) is 0.214. The third-order valence-electron chi connectivity index (χ3n) is 3.09. The third kappa shape index (κ3) is 4.48. The third-order valence-corrected chi connectivity index (χ3v) is 3.34. The summed E-state index contributed by atoms with van der Waals surface area (Å²) in [7, 11) is 0. The first-order valence-corrected chi connectivity index (χ1v) is 6.93. The van der Waals surface area contributed by atoms with E-state index in [0.717, 1.165) is 0 Å². The molecule has 1 atom stereocenters. The van der Waals surface area contributed by atoms with Gasteiger partial charge in [-0.25, -0.2) is 4.79 Å². The Bertz CT molecular complexity index is 597. The number of nitrogens with one attached hydrogen (secondary N) is 2. The van der Waals surface area contributed by atoms with Gasteiger partial charge in [0.25, 0.3) is 0 Å². The Kier molecular flexibility index (Phi) is 4.83. The highest BCUT2D eigenvalue weighted by atomic mass is 35.5. The molecule has 0 aliphatic rings. The molecule has 21 heavy (non-hydrogen) atoms. The number of hydrogen-bond donors (Lipinski definition) is 3. The monoisotopic (exact) mass is 304 g/mol. The quantitative estimate of drug-likeness (QED) is 0.811. The van der Waals surface area contributed by atoms with Crippen LogP contribution in [-0.2, 0) is 5.60 Å². The second-order valence-corrected chi connectivity index (χ2v) is 5.39. The van der Waals surface area contributed by atoms with E-state index in [1.54, 1.807) is 43.3 Å². The fourth-order valence-corrected chi connectivity index (χ4v) is 1.99. The van der Waals surface area contributed by atoms with E-state index in [-0.39, 0.29) is 12.6 Å². The molecule has 0 aromatic heterocycles. The molecule has 0 saturated carbocycles. The van der Waals surface area contributed by atoms with Crippen molar-refractivity contribution in [3.8, 4) is 0 Å². The van der Waals surface area contributed by atoms with Crippen molar-refractivity contribution in [2.45, 2.75) is 12.5 Å². The number of anilines is 1. The highest BCUT2D eigenvalue weighted by Crippen LogP contribution is 2.21. The topological polar surface area (TPSA) is 61.4 Å². The molecule has 0 aliphatic heterocycles. The summed E-state index contributed by atoms with van der Waals surface area (Å²) in [6.07, 6.45) is 0. The molecule has 2 rings (SSSR count). The molecule has 4 nitrogen and oxygen atoms in total. The zero-order valence-electron chi connectivity index (χ0n) is 11.6. The highest BCUT2D eigenvalue weighted by molar-refractivity contribution is 6.30. The van der Waals surface area contributed by atoms with Gasteiger partial charge in [0.1, 0.15) is 5.60 Å². The van der Waals surface area contributed by atoms with Crippen LogP contribution in [0, 0.1) is 0 Å². The van der Waals surface area contributed by atoms with Gasteiger partial charge in [-0.15, -0.1) is 0 Å². The molecule has 5 heteroatoms. The lowest BCUT2D eigenvalue weighted by Crippen LogP contribution is -2.40. The van der Waals surface area contributed by atoms with Crippen LogP contribution < -0.4 is 10.6 Å². The van der Waals surface area contributed by atoms with E-state index in [0.29, 0.717) is 16.3 Å². The lowest BCUT2D eigenvalue weighted by Gasteiger charge is -2.24. The number of urea groups is 1. The molecule has 0 saturated heterocycles. The number of hydrogen-bond acceptors (Lipinski definition) is 2. The molecule has 0 spiro atoms. The summed E-state index contributed by atoms with van der Waals surface area (Å²) in [4.78, 5) is 11.8. The van der Waals surface area contributed by atoms with Crippen molar-refractivity contribution in [1.29, 1.82) is 0 Å². The summed E-state index contributed by atoms with van der Waals surface area (Å²) in [6, 6.07) is 15.6. The molecule has 110 valence electrons. The van der Waals surface area contributed by atoms with Gasteiger partial charge in [0.05, 0.1) is 6.54 Å². The summed E-state index contributed by atoms with van der Waals surface area (Å²) in [6.45, 7) is 1.73. The van der Waals surface area contributed by atoms with Crippen LogP contribution in [0.1, 0.15) is 12.5 Å². The number of carbonyl (C=O) groups is 1. The number of halogens is 1. The summed E-state index contributed by atoms with van der Waals surface area (Å²) >= 11 is 5.82. The fraction of sp³-hybridized carbons (Fsp3) is 0.188. The average Bonchev–Trinajstić information content (AvgIpc) is 2.47. The van der Waals surface area contributed by atoms with Crippen LogP contribution in [0.2, 0.25) is 5.02 Å². The lowest BCUT2D eigenvalue weighted by atomic mass is 9.96. The Morgan fingerprint density at radius 2 is 1.76 bits per heavy atom. The van der Waals surface area contributed by atoms with Crippen LogP contribution in [0.25, 0.3) is 0 Å². The summed E-state index contributed by atoms with van der Waals surface area (Å²) < 4.78 is 0. The van der Waals surface area contributed by atoms with Crippen LogP contribution in [-0.4, -0.2) is 17.7 Å². The average molecular weight is 305 g/mol. The molecule has 0 bridgehead atoms. The molecule has 0 heterocycles. The summed E-state index contributed by atoms with van der Waals surface area (Å²) in [5.74, 6) is 0. The Morgan fingerprint density at radius 3 is 2.38 bits per heavy atom. The first-order chi connectivity index (χ1) is 9.97. The van der Waals surface area contributed by atoms with Crippen molar-refractivity contribution < 1.29 is 9.90 Å². The second kappa shape index (κ2) is 6.61. The van der Waals surface area contributed by atoms with Crippen molar-refractivity contribution in [1.82, 2.24) is 5.32 Å². The molecule has 2 aromatic rings. The van der Waals surface area contributed by atoms with Crippen LogP contribution in [0.5, 0.6) is 0 Å². The van der Waals surface area contributed by atoms with Crippen LogP contribution in [0.4, 0.5) is 10.5 Å². The van der Waals surface area contributed by atoms with Gasteiger partial charge in [0.2, 0.25) is 0 Å². The van der Waals surface area contributed by atoms with Crippen molar-refractivity contribution >= 4 is 23.3 Å². The maximum absolute atomic E-state index is 11.8. The Hall–Kier alpha value is -2.04. The predicted octanol–water partition coefficient (Wildman–Crippen LogP) is 3.37. The van der Waals surface area contributed by atoms with Crippen LogP contribution in [0.3, 0.4) is 0 Å². The molecule has 0 radical (unpaired) electrons. The smallest absolute Gasteiger partial charge is 0.319 e. The number of carbonyl (C=O) groups excluding carboxylic acids is 1. The van der Waals surface area contributed by atoms with E-state index in [4.69, 9.17) is 11.6 Å². The van der Waals surface area contributed by atoms with Gasteiger partial charge in [-0.1, -0.05) is 41.9 Å². The van der Waals surface area contributed by atoms with Crippen LogP contribution >= 0.6 is 11.6 Å². The van der Waals surface area contributed by atoms with Gasteiger partial charge >= 0.3 is 6.03 Å². The molecule has 0 fully saturated rings. The van der Waals surface area contributed by atoms with Gasteiger partial charge in [-0.2, -0.15) is 0 Å². The molecule has 1 unspecified atom stereocenters. The van der Waals surface area contributed by atoms with Gasteiger partial charge in [0.15, 0.2) is 0 Å².